The van der Waals surface area contributed by atoms with Gasteiger partial charge in [-0.3, -0.25) is 9.59 Å². The Kier molecular flexibility index (Phi) is 4.08. The molecule has 0 radical (unpaired) electrons. The van der Waals surface area contributed by atoms with Crippen molar-refractivity contribution in [2.45, 2.75) is 26.7 Å². The molecule has 0 aliphatic rings. The first-order chi connectivity index (χ1) is 9.47. The fourth-order valence-electron chi connectivity index (χ4n) is 2.02. The summed E-state index contributed by atoms with van der Waals surface area (Å²) in [5.41, 5.74) is 3.87. The zero-order chi connectivity index (χ0) is 14.7. The lowest BCUT2D eigenvalue weighted by molar-refractivity contribution is -0.136. The summed E-state index contributed by atoms with van der Waals surface area (Å²) in [7, 11) is 0. The third-order valence-electron chi connectivity index (χ3n) is 3.28. The first-order valence-electron chi connectivity index (χ1n) is 6.43. The van der Waals surface area contributed by atoms with E-state index in [1.165, 1.54) is 0 Å². The van der Waals surface area contributed by atoms with Crippen LogP contribution in [-0.2, 0) is 16.0 Å². The molecule has 106 valence electrons. The summed E-state index contributed by atoms with van der Waals surface area (Å²) in [6, 6.07) is 3.96. The van der Waals surface area contributed by atoms with E-state index < -0.39 is 5.97 Å². The van der Waals surface area contributed by atoms with Crippen molar-refractivity contribution < 1.29 is 19.1 Å². The SMILES string of the molecule is Cc1cc2occ(CC(=O)NCCC(=O)O)c2cc1C. The largest absolute Gasteiger partial charge is 0.481 e. The average molecular weight is 275 g/mol. The molecule has 2 N–H and O–H groups in total. The maximum atomic E-state index is 11.7. The highest BCUT2D eigenvalue weighted by atomic mass is 16.4. The van der Waals surface area contributed by atoms with Crippen LogP contribution in [0.2, 0.25) is 0 Å². The van der Waals surface area contributed by atoms with Crippen molar-refractivity contribution in [3.05, 3.63) is 35.1 Å². The van der Waals surface area contributed by atoms with Gasteiger partial charge in [-0.05, 0) is 37.1 Å². The fourth-order valence-corrected chi connectivity index (χ4v) is 2.02. The minimum absolute atomic E-state index is 0.0732. The monoisotopic (exact) mass is 275 g/mol. The highest BCUT2D eigenvalue weighted by molar-refractivity contribution is 5.88. The van der Waals surface area contributed by atoms with Crippen molar-refractivity contribution in [3.63, 3.8) is 0 Å². The van der Waals surface area contributed by atoms with Crippen molar-refractivity contribution in [3.8, 4) is 0 Å². The summed E-state index contributed by atoms with van der Waals surface area (Å²) < 4.78 is 5.45. The van der Waals surface area contributed by atoms with E-state index in [2.05, 4.69) is 5.32 Å². The molecular formula is C15H17NO4. The lowest BCUT2D eigenvalue weighted by Crippen LogP contribution is -2.27. The summed E-state index contributed by atoms with van der Waals surface area (Å²) in [4.78, 5) is 22.1. The first kappa shape index (κ1) is 14.1. The molecule has 0 atom stereocenters. The number of furan rings is 1. The number of hydrogen-bond acceptors (Lipinski definition) is 3. The molecule has 5 heteroatoms. The third kappa shape index (κ3) is 3.17. The fraction of sp³-hybridized carbons (Fsp3) is 0.333. The van der Waals surface area contributed by atoms with Gasteiger partial charge in [0.1, 0.15) is 5.58 Å². The normalized spacial score (nSPS) is 10.7. The number of carboxylic acid groups (broad SMARTS) is 1. The van der Waals surface area contributed by atoms with E-state index >= 15 is 0 Å². The number of rotatable bonds is 5. The molecular weight excluding hydrogens is 258 g/mol. The minimum Gasteiger partial charge on any atom is -0.481 e. The van der Waals surface area contributed by atoms with Crippen LogP contribution in [-0.4, -0.2) is 23.5 Å². The second-order valence-electron chi connectivity index (χ2n) is 4.86. The van der Waals surface area contributed by atoms with E-state index in [0.29, 0.717) is 0 Å². The van der Waals surface area contributed by atoms with Crippen molar-refractivity contribution in [1.82, 2.24) is 5.32 Å². The number of carbonyl (C=O) groups excluding carboxylic acids is 1. The van der Waals surface area contributed by atoms with E-state index in [4.69, 9.17) is 9.52 Å². The van der Waals surface area contributed by atoms with E-state index in [1.807, 2.05) is 26.0 Å². The van der Waals surface area contributed by atoms with Gasteiger partial charge in [0.2, 0.25) is 5.91 Å². The molecule has 0 saturated heterocycles. The van der Waals surface area contributed by atoms with Crippen LogP contribution in [0.15, 0.2) is 22.8 Å². The highest BCUT2D eigenvalue weighted by Gasteiger charge is 2.11. The van der Waals surface area contributed by atoms with Gasteiger partial charge in [0, 0.05) is 17.5 Å². The van der Waals surface area contributed by atoms with Crippen molar-refractivity contribution in [2.75, 3.05) is 6.54 Å². The minimum atomic E-state index is -0.926. The van der Waals surface area contributed by atoms with Gasteiger partial charge in [0.15, 0.2) is 0 Å². The standard InChI is InChI=1S/C15H17NO4/c1-9-5-12-11(8-20-13(12)6-10(9)2)7-14(17)16-4-3-15(18)19/h5-6,8H,3-4,7H2,1-2H3,(H,16,17)(H,18,19). The van der Waals surface area contributed by atoms with Crippen molar-refractivity contribution in [2.24, 2.45) is 0 Å². The topological polar surface area (TPSA) is 79.5 Å². The zero-order valence-electron chi connectivity index (χ0n) is 11.5. The van der Waals surface area contributed by atoms with Crippen LogP contribution in [0.3, 0.4) is 0 Å². The van der Waals surface area contributed by atoms with Crippen LogP contribution in [0.5, 0.6) is 0 Å². The van der Waals surface area contributed by atoms with Crippen LogP contribution in [0.25, 0.3) is 11.0 Å². The van der Waals surface area contributed by atoms with Gasteiger partial charge >= 0.3 is 5.97 Å². The van der Waals surface area contributed by atoms with Gasteiger partial charge in [0.25, 0.3) is 0 Å². The summed E-state index contributed by atoms with van der Waals surface area (Å²) in [5.74, 6) is -1.13. The van der Waals surface area contributed by atoms with E-state index in [0.717, 1.165) is 27.7 Å². The molecule has 0 aliphatic carbocycles. The van der Waals surface area contributed by atoms with Crippen LogP contribution in [0.1, 0.15) is 23.1 Å². The molecule has 1 heterocycles. The molecule has 2 rings (SSSR count). The van der Waals surface area contributed by atoms with Gasteiger partial charge < -0.3 is 14.8 Å². The van der Waals surface area contributed by atoms with E-state index in [1.54, 1.807) is 6.26 Å². The average Bonchev–Trinajstić information content (AvgIpc) is 2.72. The van der Waals surface area contributed by atoms with Gasteiger partial charge in [-0.1, -0.05) is 0 Å². The Morgan fingerprint density at radius 2 is 1.95 bits per heavy atom. The zero-order valence-corrected chi connectivity index (χ0v) is 11.5. The van der Waals surface area contributed by atoms with Crippen molar-refractivity contribution in [1.29, 1.82) is 0 Å². The van der Waals surface area contributed by atoms with Gasteiger partial charge in [-0.2, -0.15) is 0 Å². The van der Waals surface area contributed by atoms with Gasteiger partial charge in [-0.25, -0.2) is 0 Å². The Morgan fingerprint density at radius 3 is 2.65 bits per heavy atom. The second kappa shape index (κ2) is 5.77. The molecule has 2 aromatic rings. The Labute approximate surface area is 116 Å². The lowest BCUT2D eigenvalue weighted by atomic mass is 10.0. The number of carboxylic acids is 1. The van der Waals surface area contributed by atoms with Gasteiger partial charge in [-0.15, -0.1) is 0 Å². The number of nitrogens with one attached hydrogen (secondary N) is 1. The summed E-state index contributed by atoms with van der Waals surface area (Å²) in [6.45, 7) is 4.16. The molecule has 0 bridgehead atoms. The first-order valence-corrected chi connectivity index (χ1v) is 6.43. The van der Waals surface area contributed by atoms with Crippen LogP contribution >= 0.6 is 0 Å². The quantitative estimate of drug-likeness (QED) is 0.876. The molecule has 1 aromatic heterocycles. The van der Waals surface area contributed by atoms with E-state index in [9.17, 15) is 9.59 Å². The number of benzene rings is 1. The third-order valence-corrected chi connectivity index (χ3v) is 3.28. The number of hydrogen-bond donors (Lipinski definition) is 2. The summed E-state index contributed by atoms with van der Waals surface area (Å²) in [5, 5.41) is 12.0. The van der Waals surface area contributed by atoms with Crippen LogP contribution < -0.4 is 5.32 Å². The molecule has 1 amide bonds. The predicted molar refractivity (Wildman–Crippen MR) is 74.7 cm³/mol. The van der Waals surface area contributed by atoms with Crippen molar-refractivity contribution >= 4 is 22.8 Å². The Morgan fingerprint density at radius 1 is 1.25 bits per heavy atom. The second-order valence-corrected chi connectivity index (χ2v) is 4.86. The molecule has 5 nitrogen and oxygen atoms in total. The lowest BCUT2D eigenvalue weighted by Gasteiger charge is -2.03. The smallest absolute Gasteiger partial charge is 0.305 e. The molecule has 0 fully saturated rings. The molecule has 0 spiro atoms. The number of aliphatic carboxylic acids is 1. The summed E-state index contributed by atoms with van der Waals surface area (Å²) >= 11 is 0. The maximum Gasteiger partial charge on any atom is 0.305 e. The number of carbonyl (C=O) groups is 2. The van der Waals surface area contributed by atoms with Crippen LogP contribution in [0, 0.1) is 13.8 Å². The Balaban J connectivity index is 2.08. The molecule has 0 aliphatic heterocycles. The summed E-state index contributed by atoms with van der Waals surface area (Å²) in [6.07, 6.45) is 1.70. The van der Waals surface area contributed by atoms with E-state index in [-0.39, 0.29) is 25.3 Å². The van der Waals surface area contributed by atoms with Crippen LogP contribution in [0.4, 0.5) is 0 Å². The number of amides is 1. The Hall–Kier alpha value is -2.30. The molecule has 1 aromatic carbocycles. The number of fused-ring (bicyclic) bond motifs is 1. The predicted octanol–water partition coefficient (Wildman–Crippen LogP) is 2.18. The molecule has 20 heavy (non-hydrogen) atoms. The Bertz CT molecular complexity index is 657. The molecule has 0 unspecified atom stereocenters. The van der Waals surface area contributed by atoms with Gasteiger partial charge in [0.05, 0.1) is 19.1 Å². The number of aryl methyl sites for hydroxylation is 2. The maximum absolute atomic E-state index is 11.7. The molecule has 0 saturated carbocycles. The highest BCUT2D eigenvalue weighted by Crippen LogP contribution is 2.25.